The van der Waals surface area contributed by atoms with Gasteiger partial charge in [0.25, 0.3) is 0 Å². The van der Waals surface area contributed by atoms with Crippen LogP contribution in [0.25, 0.3) is 0 Å². The van der Waals surface area contributed by atoms with Crippen LogP contribution in [0.5, 0.6) is 0 Å². The van der Waals surface area contributed by atoms with Gasteiger partial charge in [-0.3, -0.25) is 0 Å². The van der Waals surface area contributed by atoms with E-state index in [1.165, 1.54) is 5.56 Å². The van der Waals surface area contributed by atoms with Crippen LogP contribution in [-0.4, -0.2) is 14.7 Å². The van der Waals surface area contributed by atoms with E-state index in [1.54, 1.807) is 6.20 Å². The molecule has 2 aromatic rings. The van der Waals surface area contributed by atoms with Crippen molar-refractivity contribution in [3.05, 3.63) is 52.6 Å². The fraction of sp³-hybridized carbons (Fsp3) is 0.438. The minimum Gasteiger partial charge on any atom is -0.387 e. The van der Waals surface area contributed by atoms with Crippen LogP contribution in [0.1, 0.15) is 41.1 Å². The van der Waals surface area contributed by atoms with E-state index in [2.05, 4.69) is 44.8 Å². The fourth-order valence-electron chi connectivity index (χ4n) is 2.82. The maximum atomic E-state index is 10.5. The molecule has 0 aliphatic heterocycles. The van der Waals surface area contributed by atoms with Gasteiger partial charge in [0, 0.05) is 18.8 Å². The van der Waals surface area contributed by atoms with Crippen LogP contribution in [0.4, 0.5) is 0 Å². The van der Waals surface area contributed by atoms with Crippen LogP contribution in [-0.2, 0) is 13.0 Å². The van der Waals surface area contributed by atoms with E-state index >= 15 is 0 Å². The highest BCUT2D eigenvalue weighted by molar-refractivity contribution is 5.38. The summed E-state index contributed by atoms with van der Waals surface area (Å²) in [4.78, 5) is 4.29. The first-order chi connectivity index (χ1) is 9.02. The molecule has 102 valence electrons. The molecule has 19 heavy (non-hydrogen) atoms. The number of aromatic nitrogens is 2. The zero-order chi connectivity index (χ0) is 14.0. The molecule has 3 nitrogen and oxygen atoms in total. The predicted octanol–water partition coefficient (Wildman–Crippen LogP) is 3.10. The Morgan fingerprint density at radius 1 is 1.21 bits per heavy atom. The standard InChI is InChI=1S/C16H22N2O/c1-5-15-17-6-7-18(15)10-14(19)16-12(3)8-11(2)9-13(16)4/h6-9,14,19H,5,10H2,1-4H3. The number of hydrogen-bond donors (Lipinski definition) is 1. The number of hydrogen-bond acceptors (Lipinski definition) is 2. The molecule has 0 amide bonds. The Kier molecular flexibility index (Phi) is 4.05. The lowest BCUT2D eigenvalue weighted by Crippen LogP contribution is -2.13. The Morgan fingerprint density at radius 2 is 1.84 bits per heavy atom. The smallest absolute Gasteiger partial charge is 0.108 e. The van der Waals surface area contributed by atoms with Crippen LogP contribution in [0.15, 0.2) is 24.5 Å². The molecular weight excluding hydrogens is 236 g/mol. The first-order valence-electron chi connectivity index (χ1n) is 6.78. The summed E-state index contributed by atoms with van der Waals surface area (Å²) >= 11 is 0. The van der Waals surface area contributed by atoms with Gasteiger partial charge < -0.3 is 9.67 Å². The predicted molar refractivity (Wildman–Crippen MR) is 77.2 cm³/mol. The molecule has 1 atom stereocenters. The van der Waals surface area contributed by atoms with Crippen molar-refractivity contribution in [3.63, 3.8) is 0 Å². The van der Waals surface area contributed by atoms with Crippen molar-refractivity contribution < 1.29 is 5.11 Å². The summed E-state index contributed by atoms with van der Waals surface area (Å²) < 4.78 is 2.03. The Bertz CT molecular complexity index is 549. The van der Waals surface area contributed by atoms with E-state index in [9.17, 15) is 5.11 Å². The molecule has 0 spiro atoms. The molecule has 1 aromatic heterocycles. The van der Waals surface area contributed by atoms with Crippen LogP contribution in [0, 0.1) is 20.8 Å². The third kappa shape index (κ3) is 2.87. The summed E-state index contributed by atoms with van der Waals surface area (Å²) in [5.41, 5.74) is 4.59. The second kappa shape index (κ2) is 5.57. The lowest BCUT2D eigenvalue weighted by Gasteiger charge is -2.19. The number of benzene rings is 1. The van der Waals surface area contributed by atoms with E-state index in [1.807, 2.05) is 10.8 Å². The molecule has 3 heteroatoms. The third-order valence-corrected chi connectivity index (χ3v) is 3.56. The summed E-state index contributed by atoms with van der Waals surface area (Å²) in [6.45, 7) is 8.85. The van der Waals surface area contributed by atoms with Crippen molar-refractivity contribution in [2.24, 2.45) is 0 Å². The summed E-state index contributed by atoms with van der Waals surface area (Å²) in [7, 11) is 0. The van der Waals surface area contributed by atoms with Gasteiger partial charge in [-0.15, -0.1) is 0 Å². The zero-order valence-electron chi connectivity index (χ0n) is 12.1. The van der Waals surface area contributed by atoms with Crippen LogP contribution < -0.4 is 0 Å². The van der Waals surface area contributed by atoms with Crippen molar-refractivity contribution in [1.29, 1.82) is 0 Å². The molecule has 0 fully saturated rings. The van der Waals surface area contributed by atoms with Crippen LogP contribution in [0.3, 0.4) is 0 Å². The maximum Gasteiger partial charge on any atom is 0.108 e. The first kappa shape index (κ1) is 13.8. The molecule has 1 unspecified atom stereocenters. The molecule has 1 aromatic carbocycles. The minimum atomic E-state index is -0.486. The van der Waals surface area contributed by atoms with Crippen molar-refractivity contribution in [1.82, 2.24) is 9.55 Å². The number of imidazole rings is 1. The monoisotopic (exact) mass is 258 g/mol. The van der Waals surface area contributed by atoms with E-state index in [4.69, 9.17) is 0 Å². The van der Waals surface area contributed by atoms with Crippen molar-refractivity contribution in [2.45, 2.75) is 46.8 Å². The van der Waals surface area contributed by atoms with Gasteiger partial charge in [0.05, 0.1) is 12.6 Å². The van der Waals surface area contributed by atoms with Crippen LogP contribution in [0.2, 0.25) is 0 Å². The normalized spacial score (nSPS) is 12.7. The van der Waals surface area contributed by atoms with Crippen molar-refractivity contribution in [3.8, 4) is 0 Å². The van der Waals surface area contributed by atoms with Crippen molar-refractivity contribution in [2.75, 3.05) is 0 Å². The van der Waals surface area contributed by atoms with Crippen LogP contribution >= 0.6 is 0 Å². The molecule has 0 radical (unpaired) electrons. The van der Waals surface area contributed by atoms with Gasteiger partial charge in [0.15, 0.2) is 0 Å². The number of rotatable bonds is 4. The topological polar surface area (TPSA) is 38.0 Å². The van der Waals surface area contributed by atoms with E-state index in [-0.39, 0.29) is 0 Å². The summed E-state index contributed by atoms with van der Waals surface area (Å²) in [6, 6.07) is 4.25. The summed E-state index contributed by atoms with van der Waals surface area (Å²) in [5.74, 6) is 1.02. The number of nitrogens with zero attached hydrogens (tertiary/aromatic N) is 2. The fourth-order valence-corrected chi connectivity index (χ4v) is 2.82. The molecule has 1 heterocycles. The molecule has 0 bridgehead atoms. The highest BCUT2D eigenvalue weighted by Gasteiger charge is 2.15. The minimum absolute atomic E-state index is 0.486. The average Bonchev–Trinajstić information content (AvgIpc) is 2.74. The third-order valence-electron chi connectivity index (χ3n) is 3.56. The van der Waals surface area contributed by atoms with Gasteiger partial charge in [0.2, 0.25) is 0 Å². The number of aryl methyl sites for hydroxylation is 4. The molecule has 0 aliphatic carbocycles. The lowest BCUT2D eigenvalue weighted by atomic mass is 9.95. The zero-order valence-corrected chi connectivity index (χ0v) is 12.1. The van der Waals surface area contributed by atoms with Gasteiger partial charge in [-0.2, -0.15) is 0 Å². The van der Waals surface area contributed by atoms with E-state index in [0.29, 0.717) is 6.54 Å². The molecule has 0 aliphatic rings. The van der Waals surface area contributed by atoms with E-state index < -0.39 is 6.10 Å². The largest absolute Gasteiger partial charge is 0.387 e. The molecular formula is C16H22N2O. The Hall–Kier alpha value is -1.61. The average molecular weight is 258 g/mol. The molecule has 2 rings (SSSR count). The number of aliphatic hydroxyl groups excluding tert-OH is 1. The molecule has 0 saturated carbocycles. The molecule has 0 saturated heterocycles. The maximum absolute atomic E-state index is 10.5. The molecule has 1 N–H and O–H groups in total. The highest BCUT2D eigenvalue weighted by atomic mass is 16.3. The van der Waals surface area contributed by atoms with Gasteiger partial charge in [-0.1, -0.05) is 24.6 Å². The second-order valence-electron chi connectivity index (χ2n) is 5.18. The van der Waals surface area contributed by atoms with Gasteiger partial charge in [-0.05, 0) is 37.5 Å². The first-order valence-corrected chi connectivity index (χ1v) is 6.78. The summed E-state index contributed by atoms with van der Waals surface area (Å²) in [6.07, 6.45) is 4.12. The highest BCUT2D eigenvalue weighted by Crippen LogP contribution is 2.25. The van der Waals surface area contributed by atoms with Crippen molar-refractivity contribution >= 4 is 0 Å². The lowest BCUT2D eigenvalue weighted by molar-refractivity contribution is 0.154. The number of aliphatic hydroxyl groups is 1. The SMILES string of the molecule is CCc1nccn1CC(O)c1c(C)cc(C)cc1C. The second-order valence-corrected chi connectivity index (χ2v) is 5.18. The summed E-state index contributed by atoms with van der Waals surface area (Å²) in [5, 5.41) is 10.5. The van der Waals surface area contributed by atoms with E-state index in [0.717, 1.165) is 28.9 Å². The van der Waals surface area contributed by atoms with Gasteiger partial charge in [-0.25, -0.2) is 4.98 Å². The van der Waals surface area contributed by atoms with Gasteiger partial charge in [0.1, 0.15) is 5.82 Å². The Morgan fingerprint density at radius 3 is 2.42 bits per heavy atom. The Labute approximate surface area is 114 Å². The Balaban J connectivity index is 2.28. The van der Waals surface area contributed by atoms with Gasteiger partial charge >= 0.3 is 0 Å². The quantitative estimate of drug-likeness (QED) is 0.915.